The van der Waals surface area contributed by atoms with Gasteiger partial charge in [0.2, 0.25) is 0 Å². The Kier molecular flexibility index (Phi) is 5.42. The molecule has 0 saturated carbocycles. The van der Waals surface area contributed by atoms with E-state index in [2.05, 4.69) is 4.98 Å². The van der Waals surface area contributed by atoms with Crippen molar-refractivity contribution in [1.82, 2.24) is 9.55 Å². The van der Waals surface area contributed by atoms with Gasteiger partial charge in [0.05, 0.1) is 18.3 Å². The van der Waals surface area contributed by atoms with Gasteiger partial charge in [0.1, 0.15) is 29.1 Å². The molecule has 4 aromatic rings. The normalized spacial score (nSPS) is 12.2. The molecular formula is C22H19FN2O3S. The van der Waals surface area contributed by atoms with E-state index in [1.165, 1.54) is 34.4 Å². The molecule has 0 bridgehead atoms. The minimum Gasteiger partial charge on any atom is -0.491 e. The van der Waals surface area contributed by atoms with Gasteiger partial charge in [-0.15, -0.1) is 11.3 Å². The summed E-state index contributed by atoms with van der Waals surface area (Å²) in [4.78, 5) is 18.0. The van der Waals surface area contributed by atoms with Crippen molar-refractivity contribution in [1.29, 1.82) is 0 Å². The fourth-order valence-corrected chi connectivity index (χ4v) is 3.95. The third kappa shape index (κ3) is 4.21. The predicted molar refractivity (Wildman–Crippen MR) is 112 cm³/mol. The number of aliphatic hydroxyl groups excluding tert-OH is 1. The van der Waals surface area contributed by atoms with E-state index in [0.29, 0.717) is 21.5 Å². The first-order chi connectivity index (χ1) is 14.0. The molecule has 7 heteroatoms. The lowest BCUT2D eigenvalue weighted by Crippen LogP contribution is -2.30. The lowest BCUT2D eigenvalue weighted by atomic mass is 10.1. The molecule has 2 aromatic carbocycles. The number of hydrogen-bond acceptors (Lipinski definition) is 5. The van der Waals surface area contributed by atoms with Crippen molar-refractivity contribution in [3.63, 3.8) is 0 Å². The van der Waals surface area contributed by atoms with Gasteiger partial charge in [-0.3, -0.25) is 9.36 Å². The average Bonchev–Trinajstić information content (AvgIpc) is 3.15. The molecule has 0 aliphatic carbocycles. The van der Waals surface area contributed by atoms with Gasteiger partial charge < -0.3 is 9.84 Å². The van der Waals surface area contributed by atoms with E-state index in [1.54, 1.807) is 12.1 Å². The van der Waals surface area contributed by atoms with Gasteiger partial charge in [-0.25, -0.2) is 9.37 Å². The second-order valence-electron chi connectivity index (χ2n) is 6.82. The first kappa shape index (κ1) is 19.3. The Bertz CT molecular complexity index is 1180. The largest absolute Gasteiger partial charge is 0.491 e. The summed E-state index contributed by atoms with van der Waals surface area (Å²) in [6.07, 6.45) is 0.561. The molecule has 0 saturated heterocycles. The fraction of sp³-hybridized carbons (Fsp3) is 0.182. The molecule has 2 aromatic heterocycles. The van der Waals surface area contributed by atoms with Crippen molar-refractivity contribution in [3.05, 3.63) is 82.0 Å². The second-order valence-corrected chi connectivity index (χ2v) is 7.67. The van der Waals surface area contributed by atoms with Crippen molar-refractivity contribution < 1.29 is 14.2 Å². The van der Waals surface area contributed by atoms with Crippen LogP contribution in [0.4, 0.5) is 4.39 Å². The topological polar surface area (TPSA) is 64.3 Å². The van der Waals surface area contributed by atoms with Crippen LogP contribution in [0.5, 0.6) is 5.75 Å². The van der Waals surface area contributed by atoms with Crippen molar-refractivity contribution in [2.24, 2.45) is 0 Å². The third-order valence-electron chi connectivity index (χ3n) is 4.59. The van der Waals surface area contributed by atoms with E-state index < -0.39 is 6.10 Å². The van der Waals surface area contributed by atoms with Gasteiger partial charge in [0.15, 0.2) is 0 Å². The van der Waals surface area contributed by atoms with Crippen LogP contribution < -0.4 is 10.3 Å². The molecule has 1 unspecified atom stereocenters. The fourth-order valence-electron chi connectivity index (χ4n) is 3.05. The van der Waals surface area contributed by atoms with Gasteiger partial charge >= 0.3 is 0 Å². The van der Waals surface area contributed by atoms with Crippen molar-refractivity contribution in [2.45, 2.75) is 19.6 Å². The lowest BCUT2D eigenvalue weighted by Gasteiger charge is -2.14. The summed E-state index contributed by atoms with van der Waals surface area (Å²) in [5.41, 5.74) is 2.33. The number of thiophene rings is 1. The summed E-state index contributed by atoms with van der Waals surface area (Å²) in [6.45, 7) is 2.10. The van der Waals surface area contributed by atoms with E-state index in [9.17, 15) is 14.3 Å². The van der Waals surface area contributed by atoms with E-state index in [1.807, 2.05) is 36.6 Å². The number of aliphatic hydroxyl groups is 1. The van der Waals surface area contributed by atoms with Crippen LogP contribution in [0.25, 0.3) is 21.3 Å². The van der Waals surface area contributed by atoms with Gasteiger partial charge in [0, 0.05) is 10.9 Å². The first-order valence-corrected chi connectivity index (χ1v) is 9.99. The summed E-state index contributed by atoms with van der Waals surface area (Å²) in [7, 11) is 0. The number of nitrogens with zero attached hydrogens (tertiary/aromatic N) is 2. The average molecular weight is 410 g/mol. The Morgan fingerprint density at radius 1 is 1.17 bits per heavy atom. The Hall–Kier alpha value is -3.03. The summed E-state index contributed by atoms with van der Waals surface area (Å²) in [5, 5.41) is 12.6. The molecule has 0 radical (unpaired) electrons. The van der Waals surface area contributed by atoms with E-state index in [-0.39, 0.29) is 24.5 Å². The number of benzene rings is 2. The van der Waals surface area contributed by atoms with Crippen molar-refractivity contribution >= 4 is 21.6 Å². The minimum atomic E-state index is -0.874. The SMILES string of the molecule is Cc1ccc(OCC(O)Cn2cnc3scc(-c4ccc(F)cc4)c3c2=O)cc1. The maximum atomic E-state index is 13.2. The number of hydrogen-bond donors (Lipinski definition) is 1. The Morgan fingerprint density at radius 2 is 1.90 bits per heavy atom. The molecule has 0 spiro atoms. The highest BCUT2D eigenvalue weighted by Gasteiger charge is 2.15. The quantitative estimate of drug-likeness (QED) is 0.522. The highest BCUT2D eigenvalue weighted by molar-refractivity contribution is 7.17. The summed E-state index contributed by atoms with van der Waals surface area (Å²) < 4.78 is 20.2. The summed E-state index contributed by atoms with van der Waals surface area (Å²) in [5.74, 6) is 0.326. The molecule has 0 aliphatic rings. The second kappa shape index (κ2) is 8.14. The van der Waals surface area contributed by atoms with E-state index >= 15 is 0 Å². The molecule has 0 aliphatic heterocycles. The smallest absolute Gasteiger partial charge is 0.262 e. The molecule has 29 heavy (non-hydrogen) atoms. The number of halogens is 1. The standard InChI is InChI=1S/C22H19FN2O3S/c1-14-2-8-18(9-3-14)28-11-17(26)10-25-13-24-21-20(22(25)27)19(12-29-21)15-4-6-16(23)7-5-15/h2-9,12-13,17,26H,10-11H2,1H3. The van der Waals surface area contributed by atoms with Crippen molar-refractivity contribution in [3.8, 4) is 16.9 Å². The van der Waals surface area contributed by atoms with Crippen LogP contribution in [0.3, 0.4) is 0 Å². The molecule has 1 atom stereocenters. The Morgan fingerprint density at radius 3 is 2.62 bits per heavy atom. The lowest BCUT2D eigenvalue weighted by molar-refractivity contribution is 0.0915. The maximum Gasteiger partial charge on any atom is 0.262 e. The van der Waals surface area contributed by atoms with Crippen LogP contribution in [0.1, 0.15) is 5.56 Å². The van der Waals surface area contributed by atoms with Gasteiger partial charge in [-0.05, 0) is 36.8 Å². The summed E-state index contributed by atoms with van der Waals surface area (Å²) >= 11 is 1.36. The van der Waals surface area contributed by atoms with Crippen LogP contribution in [0.2, 0.25) is 0 Å². The molecule has 4 rings (SSSR count). The third-order valence-corrected chi connectivity index (χ3v) is 5.47. The predicted octanol–water partition coefficient (Wildman–Crippen LogP) is 4.01. The van der Waals surface area contributed by atoms with E-state index in [4.69, 9.17) is 4.74 Å². The molecular weight excluding hydrogens is 391 g/mol. The van der Waals surface area contributed by atoms with Crippen LogP contribution in [-0.4, -0.2) is 27.4 Å². The molecule has 0 amide bonds. The first-order valence-electron chi connectivity index (χ1n) is 9.11. The van der Waals surface area contributed by atoms with Gasteiger partial charge in [-0.2, -0.15) is 0 Å². The van der Waals surface area contributed by atoms with Crippen molar-refractivity contribution in [2.75, 3.05) is 6.61 Å². The Labute approximate surface area is 170 Å². The molecule has 0 fully saturated rings. The number of rotatable bonds is 6. The zero-order valence-corrected chi connectivity index (χ0v) is 16.5. The zero-order valence-electron chi connectivity index (χ0n) is 15.7. The number of aryl methyl sites for hydroxylation is 1. The summed E-state index contributed by atoms with van der Waals surface area (Å²) in [6, 6.07) is 13.5. The van der Waals surface area contributed by atoms with Crippen LogP contribution in [0.15, 0.2) is 65.0 Å². The highest BCUT2D eigenvalue weighted by Crippen LogP contribution is 2.30. The molecule has 5 nitrogen and oxygen atoms in total. The Balaban J connectivity index is 1.55. The van der Waals surface area contributed by atoms with Crippen LogP contribution in [-0.2, 0) is 6.54 Å². The molecule has 2 heterocycles. The highest BCUT2D eigenvalue weighted by atomic mass is 32.1. The number of fused-ring (bicyclic) bond motifs is 1. The molecule has 148 valence electrons. The van der Waals surface area contributed by atoms with Crippen LogP contribution >= 0.6 is 11.3 Å². The molecule has 1 N–H and O–H groups in total. The van der Waals surface area contributed by atoms with Crippen LogP contribution in [0, 0.1) is 12.7 Å². The maximum absolute atomic E-state index is 13.2. The zero-order chi connectivity index (χ0) is 20.4. The monoisotopic (exact) mass is 410 g/mol. The number of ether oxygens (including phenoxy) is 1. The van der Waals surface area contributed by atoms with Gasteiger partial charge in [0.25, 0.3) is 5.56 Å². The van der Waals surface area contributed by atoms with E-state index in [0.717, 1.165) is 11.1 Å². The minimum absolute atomic E-state index is 0.0575. The number of aromatic nitrogens is 2. The van der Waals surface area contributed by atoms with Gasteiger partial charge in [-0.1, -0.05) is 29.8 Å².